The minimum absolute atomic E-state index is 0.848. The summed E-state index contributed by atoms with van der Waals surface area (Å²) in [7, 11) is 0. The molecule has 2 heterocycles. The Labute approximate surface area is 122 Å². The molecule has 2 aliphatic rings. The number of hydrogen-bond acceptors (Lipinski definition) is 4. The lowest BCUT2D eigenvalue weighted by Gasteiger charge is -2.34. The number of rotatable bonds is 7. The highest BCUT2D eigenvalue weighted by atomic mass is 16.3. The Morgan fingerprint density at radius 3 is 2.65 bits per heavy atom. The summed E-state index contributed by atoms with van der Waals surface area (Å²) >= 11 is 0. The number of nitrogens with zero attached hydrogens (tertiary/aromatic N) is 2. The van der Waals surface area contributed by atoms with Crippen LogP contribution in [0.3, 0.4) is 0 Å². The fourth-order valence-electron chi connectivity index (χ4n) is 2.94. The third-order valence-electron chi connectivity index (χ3n) is 4.45. The van der Waals surface area contributed by atoms with Crippen LogP contribution in [0.2, 0.25) is 0 Å². The number of hydrogen-bond donors (Lipinski definition) is 1. The van der Waals surface area contributed by atoms with Crippen molar-refractivity contribution in [2.24, 2.45) is 5.92 Å². The first-order chi connectivity index (χ1) is 9.85. The second-order valence-corrected chi connectivity index (χ2v) is 6.17. The highest BCUT2D eigenvalue weighted by Crippen LogP contribution is 2.30. The van der Waals surface area contributed by atoms with Gasteiger partial charge < -0.3 is 14.6 Å². The zero-order valence-corrected chi connectivity index (χ0v) is 12.6. The van der Waals surface area contributed by atoms with Crippen molar-refractivity contribution in [3.05, 3.63) is 23.7 Å². The van der Waals surface area contributed by atoms with Crippen molar-refractivity contribution >= 4 is 0 Å². The van der Waals surface area contributed by atoms with Crippen LogP contribution in [-0.2, 0) is 13.1 Å². The minimum Gasteiger partial charge on any atom is -0.468 e. The van der Waals surface area contributed by atoms with E-state index in [1.807, 2.05) is 6.26 Å². The molecular formula is C16H27N3O. The van der Waals surface area contributed by atoms with Crippen LogP contribution in [0.4, 0.5) is 0 Å². The number of furan rings is 1. The predicted octanol–water partition coefficient (Wildman–Crippen LogP) is 1.92. The van der Waals surface area contributed by atoms with Crippen molar-refractivity contribution in [3.8, 4) is 0 Å². The topological polar surface area (TPSA) is 31.7 Å². The molecule has 3 rings (SSSR count). The van der Waals surface area contributed by atoms with E-state index in [0.717, 1.165) is 31.3 Å². The Balaban J connectivity index is 1.45. The predicted molar refractivity (Wildman–Crippen MR) is 80.5 cm³/mol. The first kappa shape index (κ1) is 14.1. The van der Waals surface area contributed by atoms with Gasteiger partial charge in [-0.05, 0) is 31.4 Å². The highest BCUT2D eigenvalue weighted by molar-refractivity contribution is 5.17. The van der Waals surface area contributed by atoms with Crippen molar-refractivity contribution in [1.82, 2.24) is 15.1 Å². The summed E-state index contributed by atoms with van der Waals surface area (Å²) in [5.41, 5.74) is 1.35. The molecular weight excluding hydrogens is 250 g/mol. The fraction of sp³-hybridized carbons (Fsp3) is 0.750. The van der Waals surface area contributed by atoms with Gasteiger partial charge in [0.15, 0.2) is 0 Å². The monoisotopic (exact) mass is 277 g/mol. The maximum absolute atomic E-state index is 5.59. The molecule has 0 bridgehead atoms. The van der Waals surface area contributed by atoms with Gasteiger partial charge in [-0.1, -0.05) is 6.92 Å². The lowest BCUT2D eigenvalue weighted by Crippen LogP contribution is -2.46. The van der Waals surface area contributed by atoms with Gasteiger partial charge in [-0.3, -0.25) is 4.90 Å². The summed E-state index contributed by atoms with van der Waals surface area (Å²) in [6.07, 6.45) is 4.75. The van der Waals surface area contributed by atoms with Gasteiger partial charge in [0, 0.05) is 44.8 Å². The molecule has 0 amide bonds. The zero-order chi connectivity index (χ0) is 13.8. The summed E-state index contributed by atoms with van der Waals surface area (Å²) in [4.78, 5) is 5.20. The third kappa shape index (κ3) is 3.84. The molecule has 1 saturated carbocycles. The van der Waals surface area contributed by atoms with Gasteiger partial charge in [0.25, 0.3) is 0 Å². The molecule has 0 spiro atoms. The quantitative estimate of drug-likeness (QED) is 0.825. The second kappa shape index (κ2) is 6.74. The van der Waals surface area contributed by atoms with Crippen LogP contribution in [-0.4, -0.2) is 49.1 Å². The summed E-state index contributed by atoms with van der Waals surface area (Å²) in [5.74, 6) is 2.12. The molecule has 1 aliphatic carbocycles. The van der Waals surface area contributed by atoms with Crippen molar-refractivity contribution in [1.29, 1.82) is 0 Å². The van der Waals surface area contributed by atoms with Gasteiger partial charge in [0.05, 0.1) is 12.8 Å². The Morgan fingerprint density at radius 2 is 1.95 bits per heavy atom. The smallest absolute Gasteiger partial charge is 0.122 e. The molecule has 4 nitrogen and oxygen atoms in total. The Morgan fingerprint density at radius 1 is 1.20 bits per heavy atom. The van der Waals surface area contributed by atoms with E-state index in [1.165, 1.54) is 51.1 Å². The SMILES string of the molecule is CCNCc1occc1CN1CCN(CC2CC2)CC1. The summed E-state index contributed by atoms with van der Waals surface area (Å²) in [6.45, 7) is 11.2. The first-order valence-corrected chi connectivity index (χ1v) is 8.06. The van der Waals surface area contributed by atoms with Crippen molar-refractivity contribution in [2.75, 3.05) is 39.3 Å². The van der Waals surface area contributed by atoms with E-state index in [2.05, 4.69) is 28.1 Å². The van der Waals surface area contributed by atoms with Crippen LogP contribution in [0.5, 0.6) is 0 Å². The average Bonchev–Trinajstić information content (AvgIpc) is 3.17. The normalized spacial score (nSPS) is 21.4. The Hall–Kier alpha value is -0.840. The molecule has 112 valence electrons. The summed E-state index contributed by atoms with van der Waals surface area (Å²) in [6, 6.07) is 2.13. The molecule has 1 N–H and O–H groups in total. The molecule has 0 radical (unpaired) electrons. The molecule has 0 atom stereocenters. The van der Waals surface area contributed by atoms with E-state index in [4.69, 9.17) is 4.42 Å². The van der Waals surface area contributed by atoms with Gasteiger partial charge in [-0.2, -0.15) is 0 Å². The number of piperazine rings is 1. The van der Waals surface area contributed by atoms with Gasteiger partial charge in [0.1, 0.15) is 5.76 Å². The average molecular weight is 277 g/mol. The largest absolute Gasteiger partial charge is 0.468 e. The molecule has 0 aromatic carbocycles. The lowest BCUT2D eigenvalue weighted by atomic mass is 10.2. The van der Waals surface area contributed by atoms with E-state index in [9.17, 15) is 0 Å². The first-order valence-electron chi connectivity index (χ1n) is 8.06. The Bertz CT molecular complexity index is 406. The zero-order valence-electron chi connectivity index (χ0n) is 12.6. The van der Waals surface area contributed by atoms with Crippen LogP contribution in [0.25, 0.3) is 0 Å². The van der Waals surface area contributed by atoms with Gasteiger partial charge in [0.2, 0.25) is 0 Å². The van der Waals surface area contributed by atoms with Crippen LogP contribution in [0.1, 0.15) is 31.1 Å². The summed E-state index contributed by atoms with van der Waals surface area (Å²) < 4.78 is 5.59. The van der Waals surface area contributed by atoms with E-state index in [-0.39, 0.29) is 0 Å². The standard InChI is InChI=1S/C16H27N3O/c1-2-17-11-16-15(5-10-20-16)13-19-8-6-18(7-9-19)12-14-3-4-14/h5,10,14,17H,2-4,6-9,11-13H2,1H3. The fourth-order valence-corrected chi connectivity index (χ4v) is 2.94. The molecule has 1 aromatic heterocycles. The molecule has 0 unspecified atom stereocenters. The van der Waals surface area contributed by atoms with E-state index in [1.54, 1.807) is 0 Å². The van der Waals surface area contributed by atoms with Crippen LogP contribution in [0, 0.1) is 5.92 Å². The van der Waals surface area contributed by atoms with Gasteiger partial charge >= 0.3 is 0 Å². The maximum Gasteiger partial charge on any atom is 0.122 e. The lowest BCUT2D eigenvalue weighted by molar-refractivity contribution is 0.123. The van der Waals surface area contributed by atoms with Crippen LogP contribution >= 0.6 is 0 Å². The minimum atomic E-state index is 0.848. The molecule has 4 heteroatoms. The van der Waals surface area contributed by atoms with Gasteiger partial charge in [-0.25, -0.2) is 0 Å². The van der Waals surface area contributed by atoms with Crippen molar-refractivity contribution in [2.45, 2.75) is 32.9 Å². The second-order valence-electron chi connectivity index (χ2n) is 6.17. The molecule has 1 aliphatic heterocycles. The van der Waals surface area contributed by atoms with E-state index in [0.29, 0.717) is 0 Å². The van der Waals surface area contributed by atoms with Crippen molar-refractivity contribution < 1.29 is 4.42 Å². The maximum atomic E-state index is 5.59. The van der Waals surface area contributed by atoms with Crippen LogP contribution < -0.4 is 5.32 Å². The molecule has 1 saturated heterocycles. The molecule has 1 aromatic rings. The van der Waals surface area contributed by atoms with Gasteiger partial charge in [-0.15, -0.1) is 0 Å². The van der Waals surface area contributed by atoms with Crippen LogP contribution in [0.15, 0.2) is 16.7 Å². The molecule has 20 heavy (non-hydrogen) atoms. The highest BCUT2D eigenvalue weighted by Gasteiger charge is 2.26. The van der Waals surface area contributed by atoms with E-state index < -0.39 is 0 Å². The number of nitrogens with one attached hydrogen (secondary N) is 1. The Kier molecular flexibility index (Phi) is 4.76. The molecule has 2 fully saturated rings. The van der Waals surface area contributed by atoms with E-state index >= 15 is 0 Å². The third-order valence-corrected chi connectivity index (χ3v) is 4.45. The summed E-state index contributed by atoms with van der Waals surface area (Å²) in [5, 5.41) is 3.34. The van der Waals surface area contributed by atoms with Crippen molar-refractivity contribution in [3.63, 3.8) is 0 Å².